The molecule has 0 bridgehead atoms. The zero-order valence-corrected chi connectivity index (χ0v) is 10.1. The predicted octanol–water partition coefficient (Wildman–Crippen LogP) is 3.01. The molecular formula is C13H19NO2. The summed E-state index contributed by atoms with van der Waals surface area (Å²) in [5.74, 6) is 0. The maximum atomic E-state index is 11.1. The van der Waals surface area contributed by atoms with Gasteiger partial charge in [-0.15, -0.1) is 0 Å². The number of benzene rings is 1. The average Bonchev–Trinajstić information content (AvgIpc) is 2.17. The summed E-state index contributed by atoms with van der Waals surface area (Å²) in [4.78, 5) is 12.6. The maximum absolute atomic E-state index is 11.1. The Kier molecular flexibility index (Phi) is 3.93. The van der Waals surface area contributed by atoms with Gasteiger partial charge in [-0.1, -0.05) is 30.3 Å². The summed E-state index contributed by atoms with van der Waals surface area (Å²) in [6.45, 7) is 6.26. The quantitative estimate of drug-likeness (QED) is 0.852. The van der Waals surface area contributed by atoms with Gasteiger partial charge in [0.25, 0.3) is 0 Å². The van der Waals surface area contributed by atoms with Crippen LogP contribution in [0.3, 0.4) is 0 Å². The van der Waals surface area contributed by atoms with Crippen molar-refractivity contribution in [2.75, 3.05) is 6.54 Å². The lowest BCUT2D eigenvalue weighted by Gasteiger charge is -2.33. The molecule has 0 spiro atoms. The van der Waals surface area contributed by atoms with Crippen molar-refractivity contribution in [3.63, 3.8) is 0 Å². The van der Waals surface area contributed by atoms with E-state index in [0.717, 1.165) is 12.0 Å². The van der Waals surface area contributed by atoms with E-state index in [-0.39, 0.29) is 5.54 Å². The minimum absolute atomic E-state index is 0.347. The number of carbonyl (C=O) groups is 1. The van der Waals surface area contributed by atoms with Gasteiger partial charge in [-0.2, -0.15) is 0 Å². The van der Waals surface area contributed by atoms with E-state index in [9.17, 15) is 4.79 Å². The van der Waals surface area contributed by atoms with Crippen molar-refractivity contribution in [1.82, 2.24) is 4.90 Å². The fraction of sp³-hybridized carbons (Fsp3) is 0.462. The van der Waals surface area contributed by atoms with Crippen molar-refractivity contribution < 1.29 is 9.90 Å². The van der Waals surface area contributed by atoms with Gasteiger partial charge in [-0.25, -0.2) is 4.79 Å². The van der Waals surface area contributed by atoms with Crippen molar-refractivity contribution in [3.05, 3.63) is 35.9 Å². The van der Waals surface area contributed by atoms with Crippen molar-refractivity contribution in [2.45, 2.75) is 32.7 Å². The van der Waals surface area contributed by atoms with E-state index in [1.54, 1.807) is 0 Å². The van der Waals surface area contributed by atoms with Crippen LogP contribution in [0.25, 0.3) is 0 Å². The molecule has 88 valence electrons. The summed E-state index contributed by atoms with van der Waals surface area (Å²) < 4.78 is 0. The first-order valence-corrected chi connectivity index (χ1v) is 5.46. The van der Waals surface area contributed by atoms with Crippen LogP contribution in [0.2, 0.25) is 0 Å². The van der Waals surface area contributed by atoms with Gasteiger partial charge in [0.05, 0.1) is 0 Å². The second kappa shape index (κ2) is 5.01. The smallest absolute Gasteiger partial charge is 0.407 e. The van der Waals surface area contributed by atoms with Crippen molar-refractivity contribution in [3.8, 4) is 0 Å². The lowest BCUT2D eigenvalue weighted by atomic mass is 10.1. The highest BCUT2D eigenvalue weighted by Crippen LogP contribution is 2.14. The van der Waals surface area contributed by atoms with Gasteiger partial charge in [0, 0.05) is 12.1 Å². The third-order valence-electron chi connectivity index (χ3n) is 2.51. The second-order valence-electron chi connectivity index (χ2n) is 4.84. The Morgan fingerprint density at radius 3 is 2.25 bits per heavy atom. The fourth-order valence-corrected chi connectivity index (χ4v) is 1.60. The molecule has 0 fully saturated rings. The Morgan fingerprint density at radius 2 is 1.81 bits per heavy atom. The SMILES string of the molecule is CC(C)(C)N(CCc1ccccc1)C(=O)O. The summed E-state index contributed by atoms with van der Waals surface area (Å²) in [7, 11) is 0. The number of rotatable bonds is 3. The molecule has 0 radical (unpaired) electrons. The molecule has 1 amide bonds. The molecule has 0 atom stereocenters. The van der Waals surface area contributed by atoms with Gasteiger partial charge >= 0.3 is 6.09 Å². The zero-order chi connectivity index (χ0) is 12.2. The summed E-state index contributed by atoms with van der Waals surface area (Å²) in [5, 5.41) is 9.11. The maximum Gasteiger partial charge on any atom is 0.407 e. The number of carboxylic acid groups (broad SMARTS) is 1. The van der Waals surface area contributed by atoms with Crippen LogP contribution in [0.4, 0.5) is 4.79 Å². The monoisotopic (exact) mass is 221 g/mol. The molecule has 0 aromatic heterocycles. The number of hydrogen-bond acceptors (Lipinski definition) is 1. The van der Waals surface area contributed by atoms with E-state index < -0.39 is 6.09 Å². The van der Waals surface area contributed by atoms with E-state index in [4.69, 9.17) is 5.11 Å². The lowest BCUT2D eigenvalue weighted by molar-refractivity contribution is 0.101. The van der Waals surface area contributed by atoms with Crippen molar-refractivity contribution in [2.24, 2.45) is 0 Å². The molecule has 16 heavy (non-hydrogen) atoms. The average molecular weight is 221 g/mol. The molecule has 1 N–H and O–H groups in total. The van der Waals surface area contributed by atoms with Crippen LogP contribution >= 0.6 is 0 Å². The first kappa shape index (κ1) is 12.6. The van der Waals surface area contributed by atoms with Crippen LogP contribution in [-0.2, 0) is 6.42 Å². The number of amides is 1. The molecule has 3 heteroatoms. The van der Waals surface area contributed by atoms with E-state index >= 15 is 0 Å². The van der Waals surface area contributed by atoms with Crippen LogP contribution in [0.5, 0.6) is 0 Å². The van der Waals surface area contributed by atoms with E-state index in [2.05, 4.69) is 0 Å². The van der Waals surface area contributed by atoms with Gasteiger partial charge in [0.2, 0.25) is 0 Å². The predicted molar refractivity (Wildman–Crippen MR) is 64.6 cm³/mol. The third-order valence-corrected chi connectivity index (χ3v) is 2.51. The van der Waals surface area contributed by atoms with Crippen molar-refractivity contribution >= 4 is 6.09 Å². The molecule has 1 aromatic rings. The Balaban J connectivity index is 2.62. The van der Waals surface area contributed by atoms with E-state index in [1.807, 2.05) is 51.1 Å². The van der Waals surface area contributed by atoms with E-state index in [1.165, 1.54) is 4.90 Å². The van der Waals surface area contributed by atoms with Gasteiger partial charge in [-0.05, 0) is 32.8 Å². The summed E-state index contributed by atoms with van der Waals surface area (Å²) >= 11 is 0. The highest BCUT2D eigenvalue weighted by molar-refractivity contribution is 5.66. The molecule has 0 saturated heterocycles. The normalized spacial score (nSPS) is 11.2. The lowest BCUT2D eigenvalue weighted by Crippen LogP contribution is -2.45. The Bertz CT molecular complexity index is 341. The highest BCUT2D eigenvalue weighted by atomic mass is 16.4. The van der Waals surface area contributed by atoms with Crippen LogP contribution in [-0.4, -0.2) is 28.2 Å². The second-order valence-corrected chi connectivity index (χ2v) is 4.84. The third kappa shape index (κ3) is 3.57. The highest BCUT2D eigenvalue weighted by Gasteiger charge is 2.25. The zero-order valence-electron chi connectivity index (χ0n) is 10.1. The van der Waals surface area contributed by atoms with Crippen molar-refractivity contribution in [1.29, 1.82) is 0 Å². The van der Waals surface area contributed by atoms with Gasteiger partial charge in [0.1, 0.15) is 0 Å². The molecule has 0 saturated carbocycles. The summed E-state index contributed by atoms with van der Waals surface area (Å²) in [5.41, 5.74) is 0.818. The Hall–Kier alpha value is -1.51. The topological polar surface area (TPSA) is 40.5 Å². The standard InChI is InChI=1S/C13H19NO2/c1-13(2,3)14(12(15)16)10-9-11-7-5-4-6-8-11/h4-8H,9-10H2,1-3H3,(H,15,16). The van der Waals surface area contributed by atoms with Crippen LogP contribution in [0.15, 0.2) is 30.3 Å². The molecular weight excluding hydrogens is 202 g/mol. The molecule has 0 unspecified atom stereocenters. The minimum Gasteiger partial charge on any atom is -0.465 e. The van der Waals surface area contributed by atoms with Gasteiger partial charge in [0.15, 0.2) is 0 Å². The molecule has 0 heterocycles. The molecule has 0 aliphatic rings. The van der Waals surface area contributed by atoms with E-state index in [0.29, 0.717) is 6.54 Å². The van der Waals surface area contributed by atoms with Gasteiger partial charge in [-0.3, -0.25) is 0 Å². The largest absolute Gasteiger partial charge is 0.465 e. The Morgan fingerprint density at radius 1 is 1.25 bits per heavy atom. The minimum atomic E-state index is -0.858. The number of nitrogens with zero attached hydrogens (tertiary/aromatic N) is 1. The first-order chi connectivity index (χ1) is 7.41. The Labute approximate surface area is 96.7 Å². The molecule has 3 nitrogen and oxygen atoms in total. The molecule has 1 aromatic carbocycles. The molecule has 0 aliphatic carbocycles. The molecule has 0 aliphatic heterocycles. The molecule has 1 rings (SSSR count). The summed E-state index contributed by atoms with van der Waals surface area (Å²) in [6, 6.07) is 9.93. The summed E-state index contributed by atoms with van der Waals surface area (Å²) in [6.07, 6.45) is -0.104. The van der Waals surface area contributed by atoms with Crippen LogP contribution < -0.4 is 0 Å². The fourth-order valence-electron chi connectivity index (χ4n) is 1.60. The number of hydrogen-bond donors (Lipinski definition) is 1. The van der Waals surface area contributed by atoms with Crippen LogP contribution in [0.1, 0.15) is 26.3 Å². The first-order valence-electron chi connectivity index (χ1n) is 5.46. The van der Waals surface area contributed by atoms with Crippen LogP contribution in [0, 0.1) is 0 Å². The van der Waals surface area contributed by atoms with Gasteiger partial charge < -0.3 is 10.0 Å².